The first-order chi connectivity index (χ1) is 20.8. The molecule has 43 heavy (non-hydrogen) atoms. The van der Waals surface area contributed by atoms with Gasteiger partial charge in [0.25, 0.3) is 0 Å². The van der Waals surface area contributed by atoms with Gasteiger partial charge in [0.15, 0.2) is 0 Å². The summed E-state index contributed by atoms with van der Waals surface area (Å²) in [6.45, 7) is 6.75. The van der Waals surface area contributed by atoms with Crippen molar-refractivity contribution < 1.29 is 45.6 Å². The van der Waals surface area contributed by atoms with Crippen molar-refractivity contribution in [2.45, 2.75) is 225 Å². The predicted octanol–water partition coefficient (Wildman–Crippen LogP) is 10.0. The Balaban J connectivity index is -0.00000840. The molecule has 256 valence electrons. The van der Waals surface area contributed by atoms with Gasteiger partial charge in [0.2, 0.25) is 0 Å². The molecular formula is C39H81NaO3. The molecule has 0 radical (unpaired) electrons. The fraction of sp³-hybridized carbons (Fsp3) is 1.00. The molecule has 1 atom stereocenters. The Hall–Kier alpha value is 0.880. The molecule has 0 aliphatic rings. The van der Waals surface area contributed by atoms with Crippen molar-refractivity contribution in [3.05, 3.63) is 0 Å². The van der Waals surface area contributed by atoms with Crippen LogP contribution in [0.2, 0.25) is 0 Å². The summed E-state index contributed by atoms with van der Waals surface area (Å²) >= 11 is 0. The largest absolute Gasteiger partial charge is 1.00 e. The van der Waals surface area contributed by atoms with Crippen LogP contribution in [0.5, 0.6) is 0 Å². The molecule has 0 heterocycles. The predicted molar refractivity (Wildman–Crippen MR) is 188 cm³/mol. The maximum atomic E-state index is 9.60. The third-order valence-corrected chi connectivity index (χ3v) is 9.00. The summed E-state index contributed by atoms with van der Waals surface area (Å²) < 4.78 is 11.7. The van der Waals surface area contributed by atoms with E-state index in [1.807, 2.05) is 0 Å². The van der Waals surface area contributed by atoms with E-state index in [9.17, 15) is 5.11 Å². The molecule has 0 saturated carbocycles. The van der Waals surface area contributed by atoms with Crippen molar-refractivity contribution in [2.75, 3.05) is 26.4 Å². The number of ether oxygens (including phenoxy) is 2. The molecular weight excluding hydrogens is 539 g/mol. The Morgan fingerprint density at radius 1 is 0.395 bits per heavy atom. The van der Waals surface area contributed by atoms with Crippen molar-refractivity contribution in [2.24, 2.45) is 0 Å². The van der Waals surface area contributed by atoms with E-state index in [0.717, 1.165) is 26.1 Å². The smallest absolute Gasteiger partial charge is 1.00 e. The van der Waals surface area contributed by atoms with Crippen LogP contribution in [0, 0.1) is 0 Å². The van der Waals surface area contributed by atoms with E-state index in [4.69, 9.17) is 9.47 Å². The van der Waals surface area contributed by atoms with Crippen LogP contribution in [0.1, 0.15) is 221 Å². The van der Waals surface area contributed by atoms with Crippen LogP contribution >= 0.6 is 0 Å². The minimum Gasteiger partial charge on any atom is -1.00 e. The summed E-state index contributed by atoms with van der Waals surface area (Å²) in [6, 6.07) is 0. The van der Waals surface area contributed by atoms with Crippen molar-refractivity contribution in [3.8, 4) is 0 Å². The topological polar surface area (TPSA) is 38.7 Å². The Kier molecular flexibility index (Phi) is 45.9. The molecule has 0 unspecified atom stereocenters. The maximum absolute atomic E-state index is 9.60. The van der Waals surface area contributed by atoms with E-state index in [1.54, 1.807) is 0 Å². The van der Waals surface area contributed by atoms with E-state index in [0.29, 0.717) is 6.61 Å². The standard InChI is InChI=1S/C39H80O3.Na.H/c1-3-5-7-9-11-13-15-17-19-21-23-25-27-29-31-33-35-41-38-39(37-40)42-36-34-32-30-28-26-24-22-20-18-16-14-12-10-8-6-4-2;;/h39-40H,3-38H2,1-2H3;;/q;+1;-1/t39-;;/m0../s1. The molecule has 0 spiro atoms. The van der Waals surface area contributed by atoms with Gasteiger partial charge in [0.05, 0.1) is 13.2 Å². The van der Waals surface area contributed by atoms with Gasteiger partial charge < -0.3 is 16.0 Å². The zero-order valence-electron chi connectivity index (χ0n) is 31.3. The molecule has 0 aromatic carbocycles. The molecule has 0 rings (SSSR count). The molecule has 1 N–H and O–H groups in total. The number of hydrogen-bond acceptors (Lipinski definition) is 3. The first kappa shape index (κ1) is 46.0. The normalized spacial score (nSPS) is 12.1. The molecule has 0 bridgehead atoms. The van der Waals surface area contributed by atoms with Gasteiger partial charge in [-0.25, -0.2) is 0 Å². The Morgan fingerprint density at radius 3 is 0.930 bits per heavy atom. The van der Waals surface area contributed by atoms with Crippen LogP contribution in [0.15, 0.2) is 0 Å². The Labute approximate surface area is 296 Å². The first-order valence-corrected chi connectivity index (χ1v) is 19.6. The van der Waals surface area contributed by atoms with E-state index in [2.05, 4.69) is 13.8 Å². The zero-order chi connectivity index (χ0) is 30.4. The second-order valence-electron chi connectivity index (χ2n) is 13.4. The summed E-state index contributed by atoms with van der Waals surface area (Å²) in [5.74, 6) is 0. The van der Waals surface area contributed by atoms with Gasteiger partial charge in [-0.2, -0.15) is 0 Å². The SMILES string of the molecule is CCCCCCCCCCCCCCCCCCOC[C@H](CO)OCCCCCCCCCCCCCCCCCC.[H-].[Na+]. The molecule has 0 aromatic rings. The summed E-state index contributed by atoms with van der Waals surface area (Å²) in [4.78, 5) is 0. The van der Waals surface area contributed by atoms with Gasteiger partial charge in [-0.05, 0) is 12.8 Å². The van der Waals surface area contributed by atoms with Crippen molar-refractivity contribution in [1.29, 1.82) is 0 Å². The van der Waals surface area contributed by atoms with Gasteiger partial charge in [0, 0.05) is 13.2 Å². The van der Waals surface area contributed by atoms with E-state index >= 15 is 0 Å². The molecule has 0 aliphatic carbocycles. The van der Waals surface area contributed by atoms with Crippen molar-refractivity contribution in [3.63, 3.8) is 0 Å². The van der Waals surface area contributed by atoms with Gasteiger partial charge in [-0.3, -0.25) is 0 Å². The maximum Gasteiger partial charge on any atom is 1.00 e. The average Bonchev–Trinajstić information content (AvgIpc) is 3.00. The molecule has 3 nitrogen and oxygen atoms in total. The number of aliphatic hydroxyl groups excluding tert-OH is 1. The van der Waals surface area contributed by atoms with Gasteiger partial charge in [-0.1, -0.05) is 206 Å². The van der Waals surface area contributed by atoms with Crippen LogP contribution in [0.4, 0.5) is 0 Å². The van der Waals surface area contributed by atoms with E-state index in [1.165, 1.54) is 193 Å². The van der Waals surface area contributed by atoms with Crippen molar-refractivity contribution in [1.82, 2.24) is 0 Å². The quantitative estimate of drug-likeness (QED) is 0.0551. The minimum atomic E-state index is -0.151. The number of hydrogen-bond donors (Lipinski definition) is 1. The van der Waals surface area contributed by atoms with Crippen LogP contribution in [-0.2, 0) is 9.47 Å². The summed E-state index contributed by atoms with van der Waals surface area (Å²) in [5, 5.41) is 9.60. The van der Waals surface area contributed by atoms with Crippen LogP contribution in [0.3, 0.4) is 0 Å². The van der Waals surface area contributed by atoms with Crippen LogP contribution < -0.4 is 29.6 Å². The molecule has 0 fully saturated rings. The fourth-order valence-corrected chi connectivity index (χ4v) is 6.02. The Morgan fingerprint density at radius 2 is 0.651 bits per heavy atom. The molecule has 4 heteroatoms. The molecule has 0 amide bonds. The van der Waals surface area contributed by atoms with Crippen LogP contribution in [0.25, 0.3) is 0 Å². The monoisotopic (exact) mass is 621 g/mol. The third-order valence-electron chi connectivity index (χ3n) is 9.00. The first-order valence-electron chi connectivity index (χ1n) is 19.6. The average molecular weight is 621 g/mol. The second-order valence-corrected chi connectivity index (χ2v) is 13.4. The third kappa shape index (κ3) is 40.9. The van der Waals surface area contributed by atoms with Gasteiger partial charge in [0.1, 0.15) is 6.10 Å². The van der Waals surface area contributed by atoms with Crippen LogP contribution in [-0.4, -0.2) is 37.6 Å². The second kappa shape index (κ2) is 42.9. The van der Waals surface area contributed by atoms with E-state index in [-0.39, 0.29) is 43.7 Å². The number of unbranched alkanes of at least 4 members (excludes halogenated alkanes) is 30. The number of aliphatic hydroxyl groups is 1. The van der Waals surface area contributed by atoms with Gasteiger partial charge >= 0.3 is 29.6 Å². The van der Waals surface area contributed by atoms with Gasteiger partial charge in [-0.15, -0.1) is 0 Å². The minimum absolute atomic E-state index is 0. The fourth-order valence-electron chi connectivity index (χ4n) is 6.02. The number of rotatable bonds is 38. The summed E-state index contributed by atoms with van der Waals surface area (Å²) in [5.41, 5.74) is 0. The molecule has 0 aliphatic heterocycles. The molecule has 0 aromatic heterocycles. The van der Waals surface area contributed by atoms with Crippen molar-refractivity contribution >= 4 is 0 Å². The Bertz CT molecular complexity index is 469. The van der Waals surface area contributed by atoms with E-state index < -0.39 is 0 Å². The summed E-state index contributed by atoms with van der Waals surface area (Å²) in [6.07, 6.45) is 44.3. The zero-order valence-corrected chi connectivity index (χ0v) is 32.3. The molecule has 0 saturated heterocycles. The summed E-state index contributed by atoms with van der Waals surface area (Å²) in [7, 11) is 0.